The van der Waals surface area contributed by atoms with Crippen molar-refractivity contribution in [1.29, 1.82) is 10.5 Å². The third-order valence-corrected chi connectivity index (χ3v) is 7.04. The first-order valence-corrected chi connectivity index (χ1v) is 9.20. The van der Waals surface area contributed by atoms with Crippen molar-refractivity contribution < 1.29 is 0 Å². The number of aromatic nitrogens is 4. The summed E-state index contributed by atoms with van der Waals surface area (Å²) < 4.78 is 6.39. The quantitative estimate of drug-likeness (QED) is 0.699. The van der Waals surface area contributed by atoms with E-state index in [-0.39, 0.29) is 15.0 Å². The van der Waals surface area contributed by atoms with E-state index < -0.39 is 0 Å². The molecule has 0 radical (unpaired) electrons. The molecule has 0 aliphatic rings. The molecule has 0 saturated heterocycles. The molecule has 120 valence electrons. The van der Waals surface area contributed by atoms with Crippen molar-refractivity contribution in [2.24, 2.45) is 0 Å². The van der Waals surface area contributed by atoms with Gasteiger partial charge in [0.1, 0.15) is 0 Å². The Labute approximate surface area is 142 Å². The summed E-state index contributed by atoms with van der Waals surface area (Å²) in [5, 5.41) is 26.7. The molecule has 2 aromatic heterocycles. The Balaban J connectivity index is 2.30. The number of nitriles is 2. The van der Waals surface area contributed by atoms with E-state index in [9.17, 15) is 0 Å². The monoisotopic (exact) mass is 376 g/mol. The van der Waals surface area contributed by atoms with Crippen molar-refractivity contribution >= 4 is 23.9 Å². The van der Waals surface area contributed by atoms with Crippen molar-refractivity contribution in [2.75, 3.05) is 0 Å². The Morgan fingerprint density at radius 2 is 1.22 bits per heavy atom. The zero-order valence-electron chi connectivity index (χ0n) is 13.9. The van der Waals surface area contributed by atoms with Gasteiger partial charge in [0, 0.05) is 0 Å². The molecule has 0 N–H and O–H groups in total. The predicted molar refractivity (Wildman–Crippen MR) is 88.9 cm³/mol. The summed E-state index contributed by atoms with van der Waals surface area (Å²) in [7, 11) is 0. The third kappa shape index (κ3) is 3.64. The molecule has 0 unspecified atom stereocenters. The Hall–Kier alpha value is -2.08. The number of hydrogen-bond acceptors (Lipinski definition) is 4. The van der Waals surface area contributed by atoms with E-state index in [2.05, 4.69) is 36.2 Å². The van der Waals surface area contributed by atoms with Gasteiger partial charge in [-0.05, 0) is 0 Å². The average molecular weight is 375 g/mol. The van der Waals surface area contributed by atoms with Crippen molar-refractivity contribution in [3.63, 3.8) is 0 Å². The van der Waals surface area contributed by atoms with E-state index >= 15 is 0 Å². The maximum atomic E-state index is 8.76. The zero-order valence-corrected chi connectivity index (χ0v) is 15.6. The fraction of sp³-hybridized carbons (Fsp3) is 0.500. The van der Waals surface area contributed by atoms with Gasteiger partial charge in [-0.15, -0.1) is 0 Å². The van der Waals surface area contributed by atoms with Gasteiger partial charge in [0.15, 0.2) is 0 Å². The van der Waals surface area contributed by atoms with Gasteiger partial charge in [-0.2, -0.15) is 0 Å². The van der Waals surface area contributed by atoms with Crippen molar-refractivity contribution in [1.82, 2.24) is 19.6 Å². The first kappa shape index (κ1) is 17.3. The summed E-state index contributed by atoms with van der Waals surface area (Å²) >= 11 is 0.123. The van der Waals surface area contributed by atoms with Gasteiger partial charge in [0.25, 0.3) is 0 Å². The van der Waals surface area contributed by atoms with Crippen LogP contribution in [0.25, 0.3) is 0 Å². The van der Waals surface area contributed by atoms with E-state index in [1.165, 1.54) is 8.92 Å². The van der Waals surface area contributed by atoms with Gasteiger partial charge >= 0.3 is 143 Å². The minimum absolute atomic E-state index is 0.123. The molecule has 0 atom stereocenters. The van der Waals surface area contributed by atoms with Gasteiger partial charge in [0.05, 0.1) is 0 Å². The van der Waals surface area contributed by atoms with Crippen LogP contribution in [0.3, 0.4) is 0 Å². The molecule has 0 bridgehead atoms. The number of hydrogen-bond donors (Lipinski definition) is 0. The summed E-state index contributed by atoms with van der Waals surface area (Å²) in [4.78, 5) is 0. The fourth-order valence-corrected chi connectivity index (χ4v) is 4.79. The van der Waals surface area contributed by atoms with E-state index in [4.69, 9.17) is 10.5 Å². The van der Waals surface area contributed by atoms with Crippen LogP contribution in [0, 0.1) is 50.4 Å². The van der Waals surface area contributed by atoms with Gasteiger partial charge < -0.3 is 0 Å². The summed E-state index contributed by atoms with van der Waals surface area (Å²) in [5.41, 5.74) is 4.34. The summed E-state index contributed by atoms with van der Waals surface area (Å²) in [6.07, 6.45) is 0.942. The fourth-order valence-electron chi connectivity index (χ4n) is 2.51. The minimum atomic E-state index is 0.123. The van der Waals surface area contributed by atoms with Gasteiger partial charge in [-0.1, -0.05) is 0 Å². The normalized spacial score (nSPS) is 10.5. The van der Waals surface area contributed by atoms with Crippen LogP contribution in [0.1, 0.15) is 35.6 Å². The molecular formula is C16H20N6Se. The Morgan fingerprint density at radius 3 is 1.57 bits per heavy atom. The molecule has 23 heavy (non-hydrogen) atoms. The standard InChI is InChI=1S/C16H20N6Se/c1-11-15(13(3)21(19-11)9-5-7-17)23-16-12(2)20-22(14(16)4)10-6-8-18/h5-6,9-10H2,1-4H3. The molecule has 0 aliphatic heterocycles. The third-order valence-electron chi connectivity index (χ3n) is 3.71. The van der Waals surface area contributed by atoms with E-state index in [1.54, 1.807) is 0 Å². The second-order valence-electron chi connectivity index (χ2n) is 5.36. The second kappa shape index (κ2) is 7.46. The molecular weight excluding hydrogens is 355 g/mol. The second-order valence-corrected chi connectivity index (χ2v) is 7.51. The average Bonchev–Trinajstić information content (AvgIpc) is 2.95. The zero-order chi connectivity index (χ0) is 17.0. The molecule has 0 fully saturated rings. The van der Waals surface area contributed by atoms with Crippen LogP contribution >= 0.6 is 0 Å². The van der Waals surface area contributed by atoms with Gasteiger partial charge in [-0.3, -0.25) is 0 Å². The molecule has 0 aliphatic carbocycles. The molecule has 7 heteroatoms. The molecule has 0 aromatic carbocycles. The summed E-state index contributed by atoms with van der Waals surface area (Å²) in [6, 6.07) is 4.34. The van der Waals surface area contributed by atoms with E-state index in [0.717, 1.165) is 22.8 Å². The first-order chi connectivity index (χ1) is 11.0. The molecule has 2 aromatic rings. The van der Waals surface area contributed by atoms with Crippen molar-refractivity contribution in [2.45, 2.75) is 53.6 Å². The van der Waals surface area contributed by atoms with Crippen LogP contribution in [-0.2, 0) is 13.1 Å². The Kier molecular flexibility index (Phi) is 5.60. The number of aryl methyl sites for hydroxylation is 4. The number of rotatable bonds is 6. The van der Waals surface area contributed by atoms with Crippen LogP contribution in [0.5, 0.6) is 0 Å². The molecule has 2 heterocycles. The predicted octanol–water partition coefficient (Wildman–Crippen LogP) is 0.796. The molecule has 0 amide bonds. The summed E-state index contributed by atoms with van der Waals surface area (Å²) in [5.74, 6) is 0. The van der Waals surface area contributed by atoms with Crippen molar-refractivity contribution in [3.8, 4) is 12.1 Å². The topological polar surface area (TPSA) is 83.2 Å². The SMILES string of the molecule is Cc1nn(CCC#N)c(C)c1[Se]c1c(C)nn(CCC#N)c1C. The Bertz CT molecular complexity index is 721. The van der Waals surface area contributed by atoms with Crippen LogP contribution < -0.4 is 8.92 Å². The first-order valence-electron chi connectivity index (χ1n) is 7.49. The van der Waals surface area contributed by atoms with Crippen LogP contribution in [0.4, 0.5) is 0 Å². The Morgan fingerprint density at radius 1 is 0.826 bits per heavy atom. The van der Waals surface area contributed by atoms with Crippen LogP contribution in [0.2, 0.25) is 0 Å². The molecule has 6 nitrogen and oxygen atoms in total. The molecule has 0 spiro atoms. The van der Waals surface area contributed by atoms with E-state index in [1.807, 2.05) is 23.2 Å². The van der Waals surface area contributed by atoms with Crippen LogP contribution in [-0.4, -0.2) is 34.5 Å². The van der Waals surface area contributed by atoms with Crippen molar-refractivity contribution in [3.05, 3.63) is 22.8 Å². The van der Waals surface area contributed by atoms with Gasteiger partial charge in [-0.25, -0.2) is 0 Å². The van der Waals surface area contributed by atoms with Crippen LogP contribution in [0.15, 0.2) is 0 Å². The maximum absolute atomic E-state index is 8.76. The number of nitrogens with zero attached hydrogens (tertiary/aromatic N) is 6. The van der Waals surface area contributed by atoms with E-state index in [0.29, 0.717) is 25.9 Å². The molecule has 0 saturated carbocycles. The summed E-state index contributed by atoms with van der Waals surface area (Å²) in [6.45, 7) is 9.46. The molecule has 2 rings (SSSR count). The van der Waals surface area contributed by atoms with Gasteiger partial charge in [0.2, 0.25) is 0 Å².